The van der Waals surface area contributed by atoms with E-state index in [1.807, 2.05) is 0 Å². The smallest absolute Gasteiger partial charge is 0.319 e. The third-order valence-corrected chi connectivity index (χ3v) is 4.14. The fourth-order valence-electron chi connectivity index (χ4n) is 2.76. The third kappa shape index (κ3) is 2.88. The van der Waals surface area contributed by atoms with Gasteiger partial charge in [-0.2, -0.15) is 0 Å². The number of nitrogens with zero attached hydrogens (tertiary/aromatic N) is 1. The Morgan fingerprint density at radius 1 is 1.12 bits per heavy atom. The molecule has 2 aromatic rings. The molecule has 1 aliphatic rings. The van der Waals surface area contributed by atoms with E-state index in [-0.39, 0.29) is 5.56 Å². The molecular formula is C18H14F2N2O3. The molecule has 3 amide bonds. The van der Waals surface area contributed by atoms with E-state index in [2.05, 4.69) is 5.32 Å². The summed E-state index contributed by atoms with van der Waals surface area (Å²) in [7, 11) is 0. The van der Waals surface area contributed by atoms with Gasteiger partial charge in [-0.1, -0.05) is 30.3 Å². The van der Waals surface area contributed by atoms with Gasteiger partial charge in [0.25, 0.3) is 5.91 Å². The number of imide groups is 1. The molecular weight excluding hydrogens is 330 g/mol. The second-order valence-corrected chi connectivity index (χ2v) is 5.86. The molecule has 3 rings (SSSR count). The molecule has 1 saturated heterocycles. The number of Topliss-reactive ketones (excluding diaryl/α,β-unsaturated/α-hetero) is 1. The standard InChI is InChI=1S/C18H14F2N2O3/c1-18(13-9-12(19)7-8-14(13)20)16(24)22(17(25)21-18)10-15(23)11-5-3-2-4-6-11/h2-9H,10H2,1H3,(H,21,25). The fraction of sp³-hybridized carbons (Fsp3) is 0.167. The molecule has 0 bridgehead atoms. The second-order valence-electron chi connectivity index (χ2n) is 5.86. The van der Waals surface area contributed by atoms with Crippen molar-refractivity contribution in [2.45, 2.75) is 12.5 Å². The van der Waals surface area contributed by atoms with E-state index in [4.69, 9.17) is 0 Å². The summed E-state index contributed by atoms with van der Waals surface area (Å²) in [6.07, 6.45) is 0. The van der Waals surface area contributed by atoms with Crippen LogP contribution < -0.4 is 5.32 Å². The molecule has 128 valence electrons. The SMILES string of the molecule is CC1(c2cc(F)ccc2F)NC(=O)N(CC(=O)c2ccccc2)C1=O. The first-order valence-electron chi connectivity index (χ1n) is 7.51. The van der Waals surface area contributed by atoms with Gasteiger partial charge in [0.2, 0.25) is 0 Å². The maximum absolute atomic E-state index is 14.1. The van der Waals surface area contributed by atoms with Crippen LogP contribution in [0.15, 0.2) is 48.5 Å². The number of urea groups is 1. The molecule has 5 nitrogen and oxygen atoms in total. The van der Waals surface area contributed by atoms with E-state index in [0.29, 0.717) is 10.5 Å². The number of hydrogen-bond acceptors (Lipinski definition) is 3. The minimum atomic E-state index is -1.78. The Kier molecular flexibility index (Phi) is 4.08. The summed E-state index contributed by atoms with van der Waals surface area (Å²) in [4.78, 5) is 37.8. The van der Waals surface area contributed by atoms with E-state index in [1.54, 1.807) is 30.3 Å². The van der Waals surface area contributed by atoms with E-state index >= 15 is 0 Å². The summed E-state index contributed by atoms with van der Waals surface area (Å²) in [5.41, 5.74) is -1.73. The molecule has 2 aromatic carbocycles. The van der Waals surface area contributed by atoms with Gasteiger partial charge < -0.3 is 5.32 Å². The first-order chi connectivity index (χ1) is 11.8. The highest BCUT2D eigenvalue weighted by molar-refractivity contribution is 6.11. The van der Waals surface area contributed by atoms with Gasteiger partial charge in [-0.05, 0) is 25.1 Å². The quantitative estimate of drug-likeness (QED) is 0.685. The van der Waals surface area contributed by atoms with Crippen molar-refractivity contribution in [3.8, 4) is 0 Å². The Labute approximate surface area is 142 Å². The monoisotopic (exact) mass is 344 g/mol. The molecule has 0 aromatic heterocycles. The first-order valence-corrected chi connectivity index (χ1v) is 7.51. The zero-order valence-electron chi connectivity index (χ0n) is 13.3. The summed E-state index contributed by atoms with van der Waals surface area (Å²) in [5.74, 6) is -2.81. The average molecular weight is 344 g/mol. The van der Waals surface area contributed by atoms with Crippen LogP contribution in [0.25, 0.3) is 0 Å². The first kappa shape index (κ1) is 16.8. The normalized spacial score (nSPS) is 19.9. The molecule has 1 fully saturated rings. The minimum absolute atomic E-state index is 0.291. The molecule has 25 heavy (non-hydrogen) atoms. The maximum Gasteiger partial charge on any atom is 0.325 e. The van der Waals surface area contributed by atoms with E-state index in [9.17, 15) is 23.2 Å². The Morgan fingerprint density at radius 2 is 1.80 bits per heavy atom. The van der Waals surface area contributed by atoms with Crippen molar-refractivity contribution in [3.05, 3.63) is 71.3 Å². The lowest BCUT2D eigenvalue weighted by Gasteiger charge is -2.22. The van der Waals surface area contributed by atoms with Gasteiger partial charge >= 0.3 is 6.03 Å². The fourth-order valence-corrected chi connectivity index (χ4v) is 2.76. The Hall–Kier alpha value is -3.09. The number of carbonyl (C=O) groups excluding carboxylic acids is 3. The van der Waals surface area contributed by atoms with Crippen molar-refractivity contribution in [1.82, 2.24) is 10.2 Å². The lowest BCUT2D eigenvalue weighted by molar-refractivity contribution is -0.130. The number of halogens is 2. The predicted octanol–water partition coefficient (Wildman–Crippen LogP) is 2.61. The number of rotatable bonds is 4. The summed E-state index contributed by atoms with van der Waals surface area (Å²) < 4.78 is 27.5. The van der Waals surface area contributed by atoms with Crippen LogP contribution in [0.4, 0.5) is 13.6 Å². The van der Waals surface area contributed by atoms with Crippen molar-refractivity contribution < 1.29 is 23.2 Å². The zero-order valence-corrected chi connectivity index (χ0v) is 13.3. The largest absolute Gasteiger partial charge is 0.325 e. The Bertz CT molecular complexity index is 870. The molecule has 7 heteroatoms. The van der Waals surface area contributed by atoms with Crippen LogP contribution >= 0.6 is 0 Å². The van der Waals surface area contributed by atoms with Crippen molar-refractivity contribution in [2.24, 2.45) is 0 Å². The average Bonchev–Trinajstić information content (AvgIpc) is 2.81. The molecule has 0 radical (unpaired) electrons. The van der Waals surface area contributed by atoms with Gasteiger partial charge in [-0.25, -0.2) is 13.6 Å². The van der Waals surface area contributed by atoms with Crippen LogP contribution in [-0.4, -0.2) is 29.2 Å². The van der Waals surface area contributed by atoms with E-state index in [0.717, 1.165) is 18.2 Å². The van der Waals surface area contributed by atoms with Gasteiger partial charge in [0, 0.05) is 11.1 Å². The third-order valence-electron chi connectivity index (χ3n) is 4.14. The van der Waals surface area contributed by atoms with Crippen molar-refractivity contribution in [1.29, 1.82) is 0 Å². The van der Waals surface area contributed by atoms with Crippen LogP contribution in [-0.2, 0) is 10.3 Å². The van der Waals surface area contributed by atoms with Gasteiger partial charge in [-0.3, -0.25) is 14.5 Å². The lowest BCUT2D eigenvalue weighted by Crippen LogP contribution is -2.42. The highest BCUT2D eigenvalue weighted by Gasteiger charge is 2.50. The summed E-state index contributed by atoms with van der Waals surface area (Å²) in [5, 5.41) is 2.35. The highest BCUT2D eigenvalue weighted by Crippen LogP contribution is 2.31. The van der Waals surface area contributed by atoms with Crippen LogP contribution in [0.3, 0.4) is 0 Å². The molecule has 0 saturated carbocycles. The minimum Gasteiger partial charge on any atom is -0.319 e. The van der Waals surface area contributed by atoms with Crippen molar-refractivity contribution in [3.63, 3.8) is 0 Å². The number of nitrogens with one attached hydrogen (secondary N) is 1. The number of amides is 3. The van der Waals surface area contributed by atoms with Crippen LogP contribution in [0.2, 0.25) is 0 Å². The van der Waals surface area contributed by atoms with Crippen LogP contribution in [0.1, 0.15) is 22.8 Å². The molecule has 0 aliphatic carbocycles. The zero-order chi connectivity index (χ0) is 18.2. The van der Waals surface area contributed by atoms with Gasteiger partial charge in [0.05, 0.1) is 6.54 Å². The lowest BCUT2D eigenvalue weighted by atomic mass is 9.91. The van der Waals surface area contributed by atoms with Crippen LogP contribution in [0, 0.1) is 11.6 Å². The van der Waals surface area contributed by atoms with Crippen molar-refractivity contribution >= 4 is 17.7 Å². The summed E-state index contributed by atoms with van der Waals surface area (Å²) in [6.45, 7) is 0.791. The second kappa shape index (κ2) is 6.08. The topological polar surface area (TPSA) is 66.5 Å². The molecule has 1 unspecified atom stereocenters. The van der Waals surface area contributed by atoms with Gasteiger partial charge in [0.1, 0.15) is 17.2 Å². The molecule has 0 spiro atoms. The Morgan fingerprint density at radius 3 is 2.48 bits per heavy atom. The maximum atomic E-state index is 14.1. The van der Waals surface area contributed by atoms with Crippen molar-refractivity contribution in [2.75, 3.05) is 6.54 Å². The molecule has 1 aliphatic heterocycles. The van der Waals surface area contributed by atoms with E-state index < -0.39 is 41.4 Å². The van der Waals surface area contributed by atoms with Gasteiger partial charge in [0.15, 0.2) is 5.78 Å². The highest BCUT2D eigenvalue weighted by atomic mass is 19.1. The number of carbonyl (C=O) groups is 3. The summed E-state index contributed by atoms with van der Waals surface area (Å²) >= 11 is 0. The van der Waals surface area contributed by atoms with Crippen LogP contribution in [0.5, 0.6) is 0 Å². The molecule has 1 atom stereocenters. The Balaban J connectivity index is 1.90. The molecule has 1 N–H and O–H groups in total. The molecule has 1 heterocycles. The summed E-state index contributed by atoms with van der Waals surface area (Å²) in [6, 6.07) is 9.99. The van der Waals surface area contributed by atoms with Gasteiger partial charge in [-0.15, -0.1) is 0 Å². The predicted molar refractivity (Wildman–Crippen MR) is 84.7 cm³/mol. The number of ketones is 1. The number of hydrogen-bond donors (Lipinski definition) is 1. The van der Waals surface area contributed by atoms with E-state index in [1.165, 1.54) is 6.92 Å². The number of benzene rings is 2.